The monoisotopic (exact) mass is 416 g/mol. The number of alkyl halides is 1. The number of aromatic nitrogens is 3. The molecule has 2 aliphatic heterocycles. The molecule has 0 amide bonds. The van der Waals surface area contributed by atoms with Gasteiger partial charge in [-0.3, -0.25) is 0 Å². The Balaban J connectivity index is 1.41. The molecule has 2 atom stereocenters. The molecular weight excluding hydrogens is 391 g/mol. The lowest BCUT2D eigenvalue weighted by atomic mass is 9.86. The number of anilines is 3. The zero-order valence-corrected chi connectivity index (χ0v) is 17.4. The van der Waals surface area contributed by atoms with Crippen LogP contribution in [0.5, 0.6) is 0 Å². The Morgan fingerprint density at radius 3 is 2.93 bits per heavy atom. The lowest BCUT2D eigenvalue weighted by Crippen LogP contribution is -2.70. The molecule has 2 aliphatic rings. The molecule has 2 fully saturated rings. The van der Waals surface area contributed by atoms with E-state index in [0.717, 1.165) is 22.1 Å². The summed E-state index contributed by atoms with van der Waals surface area (Å²) in [5.41, 5.74) is 1.65. The van der Waals surface area contributed by atoms with Gasteiger partial charge in [0.1, 0.15) is 17.0 Å². The van der Waals surface area contributed by atoms with Crippen molar-refractivity contribution in [2.75, 3.05) is 36.4 Å². The van der Waals surface area contributed by atoms with Crippen LogP contribution in [0.3, 0.4) is 0 Å². The zero-order chi connectivity index (χ0) is 20.4. The molecule has 2 aromatic rings. The van der Waals surface area contributed by atoms with Crippen molar-refractivity contribution in [3.63, 3.8) is 0 Å². The summed E-state index contributed by atoms with van der Waals surface area (Å²) in [6.07, 6.45) is 1.96. The second-order valence-corrected chi connectivity index (χ2v) is 8.75. The summed E-state index contributed by atoms with van der Waals surface area (Å²) in [7, 11) is 0. The first-order valence-electron chi connectivity index (χ1n) is 9.75. The number of aryl methyl sites for hydroxylation is 2. The van der Waals surface area contributed by atoms with Crippen LogP contribution in [0.4, 0.5) is 21.2 Å². The molecule has 2 saturated heterocycles. The van der Waals surface area contributed by atoms with Gasteiger partial charge in [-0.15, -0.1) is 0 Å². The first kappa shape index (κ1) is 19.9. The lowest BCUT2D eigenvalue weighted by Gasteiger charge is -2.51. The van der Waals surface area contributed by atoms with Crippen LogP contribution in [0.15, 0.2) is 12.3 Å². The van der Waals surface area contributed by atoms with Gasteiger partial charge in [0.05, 0.1) is 23.7 Å². The second-order valence-electron chi connectivity index (χ2n) is 7.95. The minimum Gasteiger partial charge on any atom is -0.352 e. The van der Waals surface area contributed by atoms with Gasteiger partial charge in [-0.25, -0.2) is 9.37 Å². The molecule has 0 bridgehead atoms. The number of nitrogens with zero attached hydrogens (tertiary/aromatic N) is 5. The normalized spacial score (nSPS) is 22.9. The molecule has 3 N–H and O–H groups in total. The van der Waals surface area contributed by atoms with Crippen molar-refractivity contribution in [3.8, 4) is 6.07 Å². The molecule has 0 radical (unpaired) electrons. The summed E-state index contributed by atoms with van der Waals surface area (Å²) in [6.45, 7) is 6.37. The summed E-state index contributed by atoms with van der Waals surface area (Å²) >= 11 is 1.37. The first-order valence-corrected chi connectivity index (χ1v) is 10.5. The summed E-state index contributed by atoms with van der Waals surface area (Å²) in [4.78, 5) is 11.2. The fourth-order valence-electron chi connectivity index (χ4n) is 3.88. The Morgan fingerprint density at radius 1 is 1.45 bits per heavy atom. The average Bonchev–Trinajstić information content (AvgIpc) is 3.26. The third-order valence-electron chi connectivity index (χ3n) is 5.40. The number of nitrogens with one attached hydrogen (secondary N) is 3. The minimum absolute atomic E-state index is 0.120. The Kier molecular flexibility index (Phi) is 5.63. The number of halogens is 1. The van der Waals surface area contributed by atoms with Gasteiger partial charge in [-0.2, -0.15) is 14.6 Å². The smallest absolute Gasteiger partial charge is 0.229 e. The maximum Gasteiger partial charge on any atom is 0.229 e. The van der Waals surface area contributed by atoms with Crippen LogP contribution in [0.25, 0.3) is 0 Å². The Hall–Kier alpha value is -2.35. The molecule has 2 aromatic heterocycles. The Morgan fingerprint density at radius 2 is 2.28 bits per heavy atom. The Labute approximate surface area is 173 Å². The summed E-state index contributed by atoms with van der Waals surface area (Å²) < 4.78 is 17.6. The maximum absolute atomic E-state index is 13.4. The van der Waals surface area contributed by atoms with Crippen molar-refractivity contribution in [1.29, 1.82) is 5.26 Å². The van der Waals surface area contributed by atoms with E-state index in [2.05, 4.69) is 41.3 Å². The lowest BCUT2D eigenvalue weighted by molar-refractivity contribution is 0.248. The van der Waals surface area contributed by atoms with Crippen LogP contribution in [0.2, 0.25) is 0 Å². The number of hydrogen-bond acceptors (Lipinski definition) is 9. The van der Waals surface area contributed by atoms with Crippen molar-refractivity contribution >= 4 is 28.3 Å². The highest BCUT2D eigenvalue weighted by Crippen LogP contribution is 2.32. The molecule has 0 spiro atoms. The van der Waals surface area contributed by atoms with E-state index < -0.39 is 6.17 Å². The molecule has 0 aromatic carbocycles. The SMILES string of the molecule is Cc1cc(Nc2ncc(C)c(N3CC(CC#N)(NC[C@@H]4C[C@@H](F)CN4)C3)n2)sn1. The highest BCUT2D eigenvalue weighted by Gasteiger charge is 2.44. The van der Waals surface area contributed by atoms with Gasteiger partial charge < -0.3 is 20.9 Å². The van der Waals surface area contributed by atoms with Crippen LogP contribution >= 0.6 is 11.5 Å². The van der Waals surface area contributed by atoms with Crippen molar-refractivity contribution < 1.29 is 4.39 Å². The third-order valence-corrected chi connectivity index (χ3v) is 6.20. The van der Waals surface area contributed by atoms with Crippen molar-refractivity contribution in [1.82, 2.24) is 25.0 Å². The predicted molar refractivity (Wildman–Crippen MR) is 111 cm³/mol. The summed E-state index contributed by atoms with van der Waals surface area (Å²) in [6, 6.07) is 4.37. The van der Waals surface area contributed by atoms with E-state index in [4.69, 9.17) is 0 Å². The van der Waals surface area contributed by atoms with Crippen LogP contribution in [-0.2, 0) is 0 Å². The fourth-order valence-corrected chi connectivity index (χ4v) is 4.54. The van der Waals surface area contributed by atoms with Gasteiger partial charge in [0, 0.05) is 44.0 Å². The second kappa shape index (κ2) is 8.18. The Bertz CT molecular complexity index is 904. The van der Waals surface area contributed by atoms with Gasteiger partial charge >= 0.3 is 0 Å². The molecule has 29 heavy (non-hydrogen) atoms. The highest BCUT2D eigenvalue weighted by atomic mass is 32.1. The number of nitriles is 1. The van der Waals surface area contributed by atoms with E-state index in [1.165, 1.54) is 11.5 Å². The van der Waals surface area contributed by atoms with E-state index >= 15 is 0 Å². The standard InChI is InChI=1S/C19H25FN8S/c1-12-7-23-18(25-16-5-13(2)27-29-16)26-17(12)28-10-19(11-28,3-4-21)24-9-15-6-14(20)8-22-15/h5,7,14-15,22,24H,3,6,8-11H2,1-2H3,(H,23,25,26)/t14-,15+/m1/s1. The van der Waals surface area contributed by atoms with Gasteiger partial charge in [0.25, 0.3) is 0 Å². The van der Waals surface area contributed by atoms with E-state index in [1.54, 1.807) is 6.20 Å². The average molecular weight is 417 g/mol. The van der Waals surface area contributed by atoms with Gasteiger partial charge in [-0.1, -0.05) is 0 Å². The quantitative estimate of drug-likeness (QED) is 0.630. The van der Waals surface area contributed by atoms with Gasteiger partial charge in [0.2, 0.25) is 5.95 Å². The summed E-state index contributed by atoms with van der Waals surface area (Å²) in [5, 5.41) is 20.1. The van der Waals surface area contributed by atoms with Gasteiger partial charge in [-0.05, 0) is 37.9 Å². The predicted octanol–water partition coefficient (Wildman–Crippen LogP) is 2.06. The highest BCUT2D eigenvalue weighted by molar-refractivity contribution is 7.10. The van der Waals surface area contributed by atoms with Crippen LogP contribution in [-0.4, -0.2) is 58.3 Å². The molecule has 10 heteroatoms. The molecular formula is C19H25FN8S. The first-order chi connectivity index (χ1) is 14.0. The van der Waals surface area contributed by atoms with E-state index in [1.807, 2.05) is 19.9 Å². The van der Waals surface area contributed by atoms with Crippen molar-refractivity contribution in [2.45, 2.75) is 44.4 Å². The largest absolute Gasteiger partial charge is 0.352 e. The minimum atomic E-state index is -0.775. The molecule has 0 saturated carbocycles. The van der Waals surface area contributed by atoms with E-state index in [9.17, 15) is 9.65 Å². The van der Waals surface area contributed by atoms with E-state index in [0.29, 0.717) is 45.0 Å². The fraction of sp³-hybridized carbons (Fsp3) is 0.579. The number of rotatable bonds is 7. The molecule has 0 aliphatic carbocycles. The van der Waals surface area contributed by atoms with Crippen LogP contribution < -0.4 is 20.9 Å². The number of hydrogen-bond donors (Lipinski definition) is 3. The van der Waals surface area contributed by atoms with E-state index in [-0.39, 0.29) is 11.6 Å². The molecule has 8 nitrogen and oxygen atoms in total. The van der Waals surface area contributed by atoms with Crippen LogP contribution in [0, 0.1) is 25.2 Å². The van der Waals surface area contributed by atoms with Crippen molar-refractivity contribution in [2.24, 2.45) is 0 Å². The zero-order valence-electron chi connectivity index (χ0n) is 16.6. The van der Waals surface area contributed by atoms with Crippen LogP contribution in [0.1, 0.15) is 24.1 Å². The molecule has 4 heterocycles. The van der Waals surface area contributed by atoms with Crippen molar-refractivity contribution in [3.05, 3.63) is 23.5 Å². The molecule has 4 rings (SSSR count). The molecule has 154 valence electrons. The molecule has 0 unspecified atom stereocenters. The van der Waals surface area contributed by atoms with Gasteiger partial charge in [0.15, 0.2) is 0 Å². The summed E-state index contributed by atoms with van der Waals surface area (Å²) in [5.74, 6) is 1.39. The topological polar surface area (TPSA) is 102 Å². The third kappa shape index (κ3) is 4.47. The maximum atomic E-state index is 13.4.